The van der Waals surface area contributed by atoms with Gasteiger partial charge >= 0.3 is 6.09 Å². The predicted octanol–water partition coefficient (Wildman–Crippen LogP) is 1.37. The van der Waals surface area contributed by atoms with Crippen LogP contribution in [0.1, 0.15) is 38.5 Å². The van der Waals surface area contributed by atoms with Crippen LogP contribution in [0.2, 0.25) is 0 Å². The summed E-state index contributed by atoms with van der Waals surface area (Å²) in [5.41, 5.74) is 0.0781. The molecule has 1 saturated heterocycles. The van der Waals surface area contributed by atoms with Crippen LogP contribution in [0.25, 0.3) is 0 Å². The van der Waals surface area contributed by atoms with E-state index in [-0.39, 0.29) is 11.4 Å². The summed E-state index contributed by atoms with van der Waals surface area (Å²) < 4.78 is 0. The first-order valence-electron chi connectivity index (χ1n) is 9.03. The third-order valence-corrected chi connectivity index (χ3v) is 6.45. The SMILES string of the molecule is O=C(CN1CCN(C(=O)O)CC1)NC12CC3CC(CC(C3)C1)C2. The van der Waals surface area contributed by atoms with Crippen molar-refractivity contribution < 1.29 is 14.7 Å². The normalized spacial score (nSPS) is 39.5. The molecule has 4 bridgehead atoms. The van der Waals surface area contributed by atoms with Gasteiger partial charge in [0.2, 0.25) is 5.91 Å². The molecule has 6 heteroatoms. The van der Waals surface area contributed by atoms with Crippen LogP contribution >= 0.6 is 0 Å². The van der Waals surface area contributed by atoms with E-state index in [1.165, 1.54) is 43.4 Å². The van der Waals surface area contributed by atoms with E-state index in [0.29, 0.717) is 32.7 Å². The molecule has 4 aliphatic carbocycles. The first-order chi connectivity index (χ1) is 11.0. The highest BCUT2D eigenvalue weighted by atomic mass is 16.4. The van der Waals surface area contributed by atoms with E-state index in [2.05, 4.69) is 10.2 Å². The molecule has 2 amide bonds. The number of carbonyl (C=O) groups excluding carboxylic acids is 1. The van der Waals surface area contributed by atoms with Crippen molar-refractivity contribution in [1.29, 1.82) is 0 Å². The number of hydrogen-bond acceptors (Lipinski definition) is 3. The lowest BCUT2D eigenvalue weighted by molar-refractivity contribution is -0.128. The topological polar surface area (TPSA) is 72.9 Å². The van der Waals surface area contributed by atoms with Crippen LogP contribution in [0.5, 0.6) is 0 Å². The lowest BCUT2D eigenvalue weighted by Gasteiger charge is -2.57. The first-order valence-corrected chi connectivity index (χ1v) is 9.03. The van der Waals surface area contributed by atoms with Crippen LogP contribution < -0.4 is 5.32 Å². The van der Waals surface area contributed by atoms with Crippen molar-refractivity contribution in [2.75, 3.05) is 32.7 Å². The summed E-state index contributed by atoms with van der Waals surface area (Å²) >= 11 is 0. The average Bonchev–Trinajstić information content (AvgIpc) is 2.45. The van der Waals surface area contributed by atoms with Crippen molar-refractivity contribution in [3.63, 3.8) is 0 Å². The van der Waals surface area contributed by atoms with Gasteiger partial charge in [-0.3, -0.25) is 9.69 Å². The molecular formula is C17H27N3O3. The number of hydrogen-bond donors (Lipinski definition) is 2. The number of amides is 2. The van der Waals surface area contributed by atoms with Gasteiger partial charge in [-0.05, 0) is 56.3 Å². The highest BCUT2D eigenvalue weighted by Gasteiger charge is 2.51. The van der Waals surface area contributed by atoms with Crippen molar-refractivity contribution in [1.82, 2.24) is 15.1 Å². The summed E-state index contributed by atoms with van der Waals surface area (Å²) in [4.78, 5) is 27.0. The molecule has 0 aromatic rings. The molecule has 6 nitrogen and oxygen atoms in total. The fraction of sp³-hybridized carbons (Fsp3) is 0.882. The summed E-state index contributed by atoms with van der Waals surface area (Å²) in [7, 11) is 0. The Morgan fingerprint density at radius 1 is 0.957 bits per heavy atom. The van der Waals surface area contributed by atoms with Crippen LogP contribution in [0.4, 0.5) is 4.79 Å². The van der Waals surface area contributed by atoms with Crippen molar-refractivity contribution >= 4 is 12.0 Å². The summed E-state index contributed by atoms with van der Waals surface area (Å²) in [6, 6.07) is 0. The predicted molar refractivity (Wildman–Crippen MR) is 85.1 cm³/mol. The number of nitrogens with one attached hydrogen (secondary N) is 1. The highest BCUT2D eigenvalue weighted by Crippen LogP contribution is 2.55. The minimum absolute atomic E-state index is 0.0781. The summed E-state index contributed by atoms with van der Waals surface area (Å²) in [6.45, 7) is 2.72. The zero-order valence-corrected chi connectivity index (χ0v) is 13.7. The molecule has 2 N–H and O–H groups in total. The van der Waals surface area contributed by atoms with Gasteiger partial charge in [0.25, 0.3) is 0 Å². The highest BCUT2D eigenvalue weighted by molar-refractivity contribution is 5.79. The quantitative estimate of drug-likeness (QED) is 0.823. The van der Waals surface area contributed by atoms with Crippen LogP contribution in [-0.4, -0.2) is 65.2 Å². The molecule has 5 fully saturated rings. The zero-order chi connectivity index (χ0) is 16.0. The van der Waals surface area contributed by atoms with E-state index in [9.17, 15) is 9.59 Å². The maximum atomic E-state index is 12.5. The Bertz CT molecular complexity index is 464. The first kappa shape index (κ1) is 15.2. The van der Waals surface area contributed by atoms with Gasteiger partial charge in [0.05, 0.1) is 6.54 Å². The van der Waals surface area contributed by atoms with Gasteiger partial charge in [0.1, 0.15) is 0 Å². The molecule has 5 aliphatic rings. The van der Waals surface area contributed by atoms with Crippen molar-refractivity contribution in [2.24, 2.45) is 17.8 Å². The molecule has 1 heterocycles. The van der Waals surface area contributed by atoms with Crippen molar-refractivity contribution in [3.05, 3.63) is 0 Å². The van der Waals surface area contributed by atoms with Crippen LogP contribution in [0, 0.1) is 17.8 Å². The maximum Gasteiger partial charge on any atom is 0.407 e. The molecule has 0 atom stereocenters. The zero-order valence-electron chi connectivity index (χ0n) is 13.7. The molecule has 0 aromatic carbocycles. The minimum atomic E-state index is -0.859. The summed E-state index contributed by atoms with van der Waals surface area (Å²) in [6.07, 6.45) is 6.82. The number of rotatable bonds is 3. The largest absolute Gasteiger partial charge is 0.465 e. The molecule has 4 saturated carbocycles. The second-order valence-corrected chi connectivity index (χ2v) is 8.29. The monoisotopic (exact) mass is 321 g/mol. The van der Waals surface area contributed by atoms with Gasteiger partial charge in [0, 0.05) is 31.7 Å². The Morgan fingerprint density at radius 3 is 1.96 bits per heavy atom. The Morgan fingerprint density at radius 2 is 1.48 bits per heavy atom. The molecule has 128 valence electrons. The van der Waals surface area contributed by atoms with Gasteiger partial charge < -0.3 is 15.3 Å². The van der Waals surface area contributed by atoms with E-state index in [0.717, 1.165) is 17.8 Å². The van der Waals surface area contributed by atoms with E-state index in [1.54, 1.807) is 0 Å². The van der Waals surface area contributed by atoms with Crippen LogP contribution in [0.15, 0.2) is 0 Å². The van der Waals surface area contributed by atoms with Crippen molar-refractivity contribution in [3.8, 4) is 0 Å². The Hall–Kier alpha value is -1.30. The number of nitrogens with zero attached hydrogens (tertiary/aromatic N) is 2. The Labute approximate surface area is 137 Å². The number of carbonyl (C=O) groups is 2. The third kappa shape index (κ3) is 3.05. The van der Waals surface area contributed by atoms with E-state index >= 15 is 0 Å². The minimum Gasteiger partial charge on any atom is -0.465 e. The standard InChI is InChI=1S/C17H27N3O3/c21-15(11-19-1-3-20(4-2-19)16(22)23)18-17-8-12-5-13(9-17)7-14(6-12)10-17/h12-14H,1-11H2,(H,18,21)(H,22,23). The summed E-state index contributed by atoms with van der Waals surface area (Å²) in [5, 5.41) is 12.4. The second kappa shape index (κ2) is 5.65. The second-order valence-electron chi connectivity index (χ2n) is 8.29. The fourth-order valence-corrected chi connectivity index (χ4v) is 5.90. The average molecular weight is 321 g/mol. The molecule has 0 unspecified atom stereocenters. The molecule has 0 aromatic heterocycles. The molecule has 23 heavy (non-hydrogen) atoms. The van der Waals surface area contributed by atoms with E-state index in [4.69, 9.17) is 5.11 Å². The molecule has 0 radical (unpaired) electrons. The number of piperazine rings is 1. The molecule has 1 aliphatic heterocycles. The lowest BCUT2D eigenvalue weighted by Crippen LogP contribution is -2.61. The lowest BCUT2D eigenvalue weighted by atomic mass is 9.53. The van der Waals surface area contributed by atoms with Crippen LogP contribution in [0.3, 0.4) is 0 Å². The molecule has 0 spiro atoms. The summed E-state index contributed by atoms with van der Waals surface area (Å²) in [5.74, 6) is 2.64. The molecular weight excluding hydrogens is 294 g/mol. The van der Waals surface area contributed by atoms with Gasteiger partial charge in [-0.1, -0.05) is 0 Å². The van der Waals surface area contributed by atoms with Gasteiger partial charge in [-0.25, -0.2) is 4.79 Å². The van der Waals surface area contributed by atoms with Crippen LogP contribution in [-0.2, 0) is 4.79 Å². The third-order valence-electron chi connectivity index (χ3n) is 6.45. The smallest absolute Gasteiger partial charge is 0.407 e. The maximum absolute atomic E-state index is 12.5. The van der Waals surface area contributed by atoms with Gasteiger partial charge in [-0.15, -0.1) is 0 Å². The van der Waals surface area contributed by atoms with E-state index in [1.807, 2.05) is 0 Å². The van der Waals surface area contributed by atoms with Gasteiger partial charge in [-0.2, -0.15) is 0 Å². The van der Waals surface area contributed by atoms with Crippen molar-refractivity contribution in [2.45, 2.75) is 44.1 Å². The Kier molecular flexibility index (Phi) is 3.75. The molecule has 5 rings (SSSR count). The fourth-order valence-electron chi connectivity index (χ4n) is 5.90. The number of carboxylic acid groups (broad SMARTS) is 1. The van der Waals surface area contributed by atoms with Gasteiger partial charge in [0.15, 0.2) is 0 Å². The van der Waals surface area contributed by atoms with E-state index < -0.39 is 6.09 Å². The Balaban J connectivity index is 1.30.